The van der Waals surface area contributed by atoms with Crippen molar-refractivity contribution >= 4 is 12.0 Å². The molecule has 0 radical (unpaired) electrons. The van der Waals surface area contributed by atoms with Gasteiger partial charge in [0.05, 0.1) is 13.3 Å². The number of nitrogens with one attached hydrogen (secondary N) is 1. The second-order valence-electron chi connectivity index (χ2n) is 5.99. The van der Waals surface area contributed by atoms with Crippen LogP contribution in [0.1, 0.15) is 50.5 Å². The van der Waals surface area contributed by atoms with Gasteiger partial charge in [-0.05, 0) is 36.6 Å². The molecule has 1 aliphatic carbocycles. The summed E-state index contributed by atoms with van der Waals surface area (Å²) >= 11 is 0. The van der Waals surface area contributed by atoms with E-state index in [0.29, 0.717) is 19.1 Å². The molecule has 4 heteroatoms. The highest BCUT2D eigenvalue weighted by atomic mass is 19.1. The van der Waals surface area contributed by atoms with Crippen LogP contribution in [0.5, 0.6) is 5.75 Å². The molecule has 0 aliphatic heterocycles. The zero-order valence-electron chi connectivity index (χ0n) is 13.6. The zero-order valence-corrected chi connectivity index (χ0v) is 13.6. The predicted molar refractivity (Wildman–Crippen MR) is 91.2 cm³/mol. The molecule has 0 aromatic heterocycles. The van der Waals surface area contributed by atoms with Gasteiger partial charge < -0.3 is 10.1 Å². The summed E-state index contributed by atoms with van der Waals surface area (Å²) in [6, 6.07) is 7.77. The second-order valence-corrected chi connectivity index (χ2v) is 5.99. The number of carbonyl (C=O) groups excluding carboxylic acids is 1. The topological polar surface area (TPSA) is 38.3 Å². The standard InChI is InChI=1S/C19H26FNO2/c20-14-5-15-23-18-11-8-16(9-12-18)10-13-19(22)21-17-6-3-1-2-4-7-17/h8-13,17H,1-7,14-15H2,(H,21,22). The molecule has 2 rings (SSSR count). The van der Waals surface area contributed by atoms with Crippen molar-refractivity contribution in [1.29, 1.82) is 0 Å². The molecule has 1 amide bonds. The van der Waals surface area contributed by atoms with Crippen LogP contribution >= 0.6 is 0 Å². The molecule has 0 spiro atoms. The Hall–Kier alpha value is -1.84. The Morgan fingerprint density at radius 3 is 2.52 bits per heavy atom. The molecule has 1 saturated carbocycles. The molecule has 3 nitrogen and oxygen atoms in total. The lowest BCUT2D eigenvalue weighted by Gasteiger charge is -2.14. The third kappa shape index (κ3) is 6.85. The monoisotopic (exact) mass is 319 g/mol. The van der Waals surface area contributed by atoms with Gasteiger partial charge in [0, 0.05) is 18.5 Å². The molecule has 0 heterocycles. The molecule has 0 bridgehead atoms. The molecule has 126 valence electrons. The molecule has 23 heavy (non-hydrogen) atoms. The highest BCUT2D eigenvalue weighted by Crippen LogP contribution is 2.17. The van der Waals surface area contributed by atoms with Gasteiger partial charge in [0.25, 0.3) is 0 Å². The van der Waals surface area contributed by atoms with Gasteiger partial charge in [0.1, 0.15) is 5.75 Å². The smallest absolute Gasteiger partial charge is 0.244 e. The molecule has 0 saturated heterocycles. The number of carbonyl (C=O) groups is 1. The number of alkyl halides is 1. The number of rotatable bonds is 7. The second kappa shape index (κ2) is 10.0. The van der Waals surface area contributed by atoms with Crippen LogP contribution in [0.4, 0.5) is 4.39 Å². The molecule has 1 fully saturated rings. The lowest BCUT2D eigenvalue weighted by molar-refractivity contribution is -0.117. The number of benzene rings is 1. The summed E-state index contributed by atoms with van der Waals surface area (Å²) in [5, 5.41) is 3.09. The maximum absolute atomic E-state index is 12.0. The summed E-state index contributed by atoms with van der Waals surface area (Å²) in [5.74, 6) is 0.693. The largest absolute Gasteiger partial charge is 0.493 e. The van der Waals surface area contributed by atoms with E-state index in [1.807, 2.05) is 24.3 Å². The van der Waals surface area contributed by atoms with Crippen LogP contribution in [0.3, 0.4) is 0 Å². The highest BCUT2D eigenvalue weighted by Gasteiger charge is 2.12. The van der Waals surface area contributed by atoms with Gasteiger partial charge in [-0.2, -0.15) is 0 Å². The van der Waals surface area contributed by atoms with Crippen molar-refractivity contribution in [3.8, 4) is 5.75 Å². The SMILES string of the molecule is O=C(C=Cc1ccc(OCCCF)cc1)NC1CCCCCC1. The first kappa shape index (κ1) is 17.5. The number of amides is 1. The van der Waals surface area contributed by atoms with Crippen molar-refractivity contribution in [3.63, 3.8) is 0 Å². The number of hydrogen-bond donors (Lipinski definition) is 1. The van der Waals surface area contributed by atoms with Gasteiger partial charge in [-0.15, -0.1) is 0 Å². The molecule has 1 N–H and O–H groups in total. The van der Waals surface area contributed by atoms with Crippen LogP contribution in [0.25, 0.3) is 6.08 Å². The summed E-state index contributed by atoms with van der Waals surface area (Å²) in [6.07, 6.45) is 10.9. The Kier molecular flexibility index (Phi) is 7.64. The zero-order chi connectivity index (χ0) is 16.3. The van der Waals surface area contributed by atoms with Crippen LogP contribution < -0.4 is 10.1 Å². The Labute approximate surface area is 137 Å². The maximum Gasteiger partial charge on any atom is 0.244 e. The predicted octanol–water partition coefficient (Wildman–Crippen LogP) is 4.28. The van der Waals surface area contributed by atoms with Crippen molar-refractivity contribution in [3.05, 3.63) is 35.9 Å². The molecular formula is C19H26FNO2. The molecule has 1 aromatic rings. The number of halogens is 1. The third-order valence-electron chi connectivity index (χ3n) is 4.06. The minimum atomic E-state index is -0.364. The Bertz CT molecular complexity index is 491. The molecule has 0 atom stereocenters. The average molecular weight is 319 g/mol. The maximum atomic E-state index is 12.0. The van der Waals surface area contributed by atoms with E-state index in [-0.39, 0.29) is 12.6 Å². The van der Waals surface area contributed by atoms with Gasteiger partial charge in [0.2, 0.25) is 5.91 Å². The lowest BCUT2D eigenvalue weighted by Crippen LogP contribution is -2.33. The first-order valence-electron chi connectivity index (χ1n) is 8.55. The van der Waals surface area contributed by atoms with E-state index in [1.54, 1.807) is 12.2 Å². The fraction of sp³-hybridized carbons (Fsp3) is 0.526. The van der Waals surface area contributed by atoms with Crippen molar-refractivity contribution in [2.24, 2.45) is 0 Å². The van der Waals surface area contributed by atoms with E-state index in [2.05, 4.69) is 5.32 Å². The summed E-state index contributed by atoms with van der Waals surface area (Å²) in [7, 11) is 0. The fourth-order valence-corrected chi connectivity index (χ4v) is 2.76. The van der Waals surface area contributed by atoms with Crippen molar-refractivity contribution in [2.45, 2.75) is 51.0 Å². The van der Waals surface area contributed by atoms with E-state index < -0.39 is 0 Å². The van der Waals surface area contributed by atoms with Crippen LogP contribution in [0.15, 0.2) is 30.3 Å². The number of ether oxygens (including phenoxy) is 1. The quantitative estimate of drug-likeness (QED) is 0.463. The van der Waals surface area contributed by atoms with Crippen LogP contribution in [-0.4, -0.2) is 25.2 Å². The fourth-order valence-electron chi connectivity index (χ4n) is 2.76. The van der Waals surface area contributed by atoms with Crippen molar-refractivity contribution in [1.82, 2.24) is 5.32 Å². The van der Waals surface area contributed by atoms with Crippen LogP contribution in [0, 0.1) is 0 Å². The summed E-state index contributed by atoms with van der Waals surface area (Å²) in [5.41, 5.74) is 0.943. The van der Waals surface area contributed by atoms with Gasteiger partial charge >= 0.3 is 0 Å². The Morgan fingerprint density at radius 1 is 1.17 bits per heavy atom. The van der Waals surface area contributed by atoms with E-state index in [4.69, 9.17) is 4.74 Å². The molecule has 1 aliphatic rings. The number of hydrogen-bond acceptors (Lipinski definition) is 2. The van der Waals surface area contributed by atoms with E-state index in [1.165, 1.54) is 25.7 Å². The molecule has 1 aromatic carbocycles. The lowest BCUT2D eigenvalue weighted by atomic mass is 10.1. The summed E-state index contributed by atoms with van der Waals surface area (Å²) in [6.45, 7) is 0.0202. The minimum absolute atomic E-state index is 0.0276. The Morgan fingerprint density at radius 2 is 1.87 bits per heavy atom. The van der Waals surface area contributed by atoms with Gasteiger partial charge in [-0.25, -0.2) is 0 Å². The van der Waals surface area contributed by atoms with Crippen LogP contribution in [-0.2, 0) is 4.79 Å². The van der Waals surface area contributed by atoms with Gasteiger partial charge in [-0.1, -0.05) is 37.8 Å². The highest BCUT2D eigenvalue weighted by molar-refractivity contribution is 5.91. The van der Waals surface area contributed by atoms with E-state index in [9.17, 15) is 9.18 Å². The first-order chi connectivity index (χ1) is 11.3. The van der Waals surface area contributed by atoms with E-state index in [0.717, 1.165) is 24.2 Å². The van der Waals surface area contributed by atoms with E-state index >= 15 is 0 Å². The van der Waals surface area contributed by atoms with Gasteiger partial charge in [0.15, 0.2) is 0 Å². The van der Waals surface area contributed by atoms with Crippen molar-refractivity contribution < 1.29 is 13.9 Å². The normalized spacial score (nSPS) is 16.2. The third-order valence-corrected chi connectivity index (χ3v) is 4.06. The van der Waals surface area contributed by atoms with Gasteiger partial charge in [-0.3, -0.25) is 9.18 Å². The van der Waals surface area contributed by atoms with Crippen molar-refractivity contribution in [2.75, 3.05) is 13.3 Å². The minimum Gasteiger partial charge on any atom is -0.493 e. The first-order valence-corrected chi connectivity index (χ1v) is 8.55. The molecular weight excluding hydrogens is 293 g/mol. The Balaban J connectivity index is 1.78. The summed E-state index contributed by atoms with van der Waals surface area (Å²) < 4.78 is 17.4. The van der Waals surface area contributed by atoms with Crippen LogP contribution in [0.2, 0.25) is 0 Å². The summed E-state index contributed by atoms with van der Waals surface area (Å²) in [4.78, 5) is 12.0. The average Bonchev–Trinajstić information content (AvgIpc) is 2.83. The molecule has 0 unspecified atom stereocenters.